The minimum atomic E-state index is -1.25. The van der Waals surface area contributed by atoms with Gasteiger partial charge in [-0.2, -0.15) is 0 Å². The van der Waals surface area contributed by atoms with Gasteiger partial charge >= 0.3 is 0 Å². The van der Waals surface area contributed by atoms with Crippen LogP contribution in [0.5, 0.6) is 0 Å². The van der Waals surface area contributed by atoms with Gasteiger partial charge in [-0.1, -0.05) is 45.7 Å². The first-order valence-corrected chi connectivity index (χ1v) is 9.72. The summed E-state index contributed by atoms with van der Waals surface area (Å²) in [7, 11) is 0. The maximum Gasteiger partial charge on any atom is 0.284 e. The Morgan fingerprint density at radius 2 is 2.04 bits per heavy atom. The third-order valence-corrected chi connectivity index (χ3v) is 4.97. The second kappa shape index (κ2) is 11.3. The first-order valence-electron chi connectivity index (χ1n) is 8.91. The van der Waals surface area contributed by atoms with Crippen molar-refractivity contribution in [2.24, 2.45) is 11.7 Å². The Balaban J connectivity index is 2.83. The van der Waals surface area contributed by atoms with Crippen molar-refractivity contribution >= 4 is 23.4 Å². The Hall–Kier alpha value is -1.48. The van der Waals surface area contributed by atoms with Gasteiger partial charge in [0, 0.05) is 12.1 Å². The highest BCUT2D eigenvalue weighted by Crippen LogP contribution is 2.27. The summed E-state index contributed by atoms with van der Waals surface area (Å²) in [5.41, 5.74) is 5.94. The second-order valence-electron chi connectivity index (χ2n) is 6.78. The summed E-state index contributed by atoms with van der Waals surface area (Å²) in [5, 5.41) is 21.4. The molecule has 0 aliphatic heterocycles. The Kier molecular flexibility index (Phi) is 9.79. The monoisotopic (exact) mass is 383 g/mol. The third-order valence-electron chi connectivity index (χ3n) is 4.00. The number of carbonyl (C=O) groups is 1. The van der Waals surface area contributed by atoms with Crippen molar-refractivity contribution in [3.63, 3.8) is 0 Å². The third kappa shape index (κ3) is 7.03. The fraction of sp³-hybridized carbons (Fsp3) is 0.611. The number of unbranched alkanes of at least 4 members (excludes halogenated alkanes) is 1. The number of para-hydroxylation sites is 1. The van der Waals surface area contributed by atoms with Gasteiger partial charge in [0.1, 0.15) is 11.0 Å². The van der Waals surface area contributed by atoms with Gasteiger partial charge in [-0.15, -0.1) is 0 Å². The lowest BCUT2D eigenvalue weighted by molar-refractivity contribution is -0.387. The number of rotatable bonds is 12. The number of nitrogens with zero attached hydrogens (tertiary/aromatic N) is 1. The fourth-order valence-electron chi connectivity index (χ4n) is 2.59. The first kappa shape index (κ1) is 22.6. The molecule has 0 bridgehead atoms. The zero-order chi connectivity index (χ0) is 19.7. The predicted octanol–water partition coefficient (Wildman–Crippen LogP) is 3.05. The van der Waals surface area contributed by atoms with Crippen LogP contribution < -0.4 is 10.5 Å². The van der Waals surface area contributed by atoms with E-state index in [2.05, 4.69) is 4.72 Å². The minimum absolute atomic E-state index is 0.0243. The molecule has 1 unspecified atom stereocenters. The highest BCUT2D eigenvalue weighted by atomic mass is 32.2. The van der Waals surface area contributed by atoms with Gasteiger partial charge in [-0.3, -0.25) is 14.9 Å². The summed E-state index contributed by atoms with van der Waals surface area (Å²) in [4.78, 5) is 23.8. The Morgan fingerprint density at radius 1 is 1.38 bits per heavy atom. The number of Topliss-reactive ketones (excluding diaryl/α,β-unsaturated/α-hetero) is 1. The van der Waals surface area contributed by atoms with E-state index < -0.39 is 23.1 Å². The van der Waals surface area contributed by atoms with E-state index in [4.69, 9.17) is 5.73 Å². The van der Waals surface area contributed by atoms with Crippen LogP contribution in [0, 0.1) is 16.0 Å². The van der Waals surface area contributed by atoms with E-state index in [1.54, 1.807) is 18.2 Å². The number of nitrogens with two attached hydrogens (primary N) is 1. The van der Waals surface area contributed by atoms with Gasteiger partial charge in [-0.05, 0) is 36.8 Å². The normalized spacial score (nSPS) is 14.8. The Bertz CT molecular complexity index is 598. The number of hydrogen-bond donors (Lipinski definition) is 3. The van der Waals surface area contributed by atoms with Crippen molar-refractivity contribution < 1.29 is 14.8 Å². The van der Waals surface area contributed by atoms with Gasteiger partial charge in [0.25, 0.3) is 5.69 Å². The molecule has 0 fully saturated rings. The van der Waals surface area contributed by atoms with Crippen LogP contribution in [0.25, 0.3) is 0 Å². The number of hydrogen-bond acceptors (Lipinski definition) is 7. The van der Waals surface area contributed by atoms with Crippen LogP contribution in [0.15, 0.2) is 29.2 Å². The molecule has 0 radical (unpaired) electrons. The van der Waals surface area contributed by atoms with Gasteiger partial charge in [-0.25, -0.2) is 4.72 Å². The lowest BCUT2D eigenvalue weighted by Gasteiger charge is -2.24. The second-order valence-corrected chi connectivity index (χ2v) is 7.66. The van der Waals surface area contributed by atoms with Crippen LogP contribution in [0.3, 0.4) is 0 Å². The van der Waals surface area contributed by atoms with E-state index >= 15 is 0 Å². The van der Waals surface area contributed by atoms with Crippen molar-refractivity contribution in [3.05, 3.63) is 34.4 Å². The van der Waals surface area contributed by atoms with E-state index in [1.165, 1.54) is 6.07 Å². The fourth-order valence-corrected chi connectivity index (χ4v) is 3.48. The summed E-state index contributed by atoms with van der Waals surface area (Å²) in [5.74, 6) is -0.0893. The molecule has 4 N–H and O–H groups in total. The van der Waals surface area contributed by atoms with Crippen LogP contribution in [0.1, 0.15) is 46.5 Å². The molecule has 0 amide bonds. The first-order chi connectivity index (χ1) is 12.3. The molecule has 0 aliphatic rings. The molecule has 146 valence electrons. The number of ketones is 1. The Labute approximate surface area is 159 Å². The van der Waals surface area contributed by atoms with Crippen molar-refractivity contribution in [2.75, 3.05) is 0 Å². The van der Waals surface area contributed by atoms with Gasteiger partial charge in [0.15, 0.2) is 5.78 Å². The van der Waals surface area contributed by atoms with Crippen molar-refractivity contribution in [1.82, 2.24) is 4.72 Å². The molecule has 0 saturated heterocycles. The Morgan fingerprint density at radius 3 is 2.62 bits per heavy atom. The molecule has 7 nitrogen and oxygen atoms in total. The molecule has 1 rings (SSSR count). The molecule has 0 aromatic heterocycles. The lowest BCUT2D eigenvalue weighted by atomic mass is 9.93. The molecule has 0 spiro atoms. The number of aliphatic hydroxyl groups excluding tert-OH is 1. The predicted molar refractivity (Wildman–Crippen MR) is 104 cm³/mol. The summed E-state index contributed by atoms with van der Waals surface area (Å²) in [6.45, 7) is 5.97. The average molecular weight is 384 g/mol. The van der Waals surface area contributed by atoms with Crippen LogP contribution in [0.4, 0.5) is 5.69 Å². The average Bonchev–Trinajstić information content (AvgIpc) is 2.60. The van der Waals surface area contributed by atoms with Crippen LogP contribution in [-0.4, -0.2) is 34.0 Å². The highest BCUT2D eigenvalue weighted by Gasteiger charge is 2.30. The molecule has 0 saturated carbocycles. The lowest BCUT2D eigenvalue weighted by Crippen LogP contribution is -2.48. The molecule has 1 aromatic carbocycles. The van der Waals surface area contributed by atoms with Crippen molar-refractivity contribution in [3.8, 4) is 0 Å². The molecular formula is C18H29N3O4S. The summed E-state index contributed by atoms with van der Waals surface area (Å²) >= 11 is 1.04. The van der Waals surface area contributed by atoms with Gasteiger partial charge < -0.3 is 10.8 Å². The molecule has 26 heavy (non-hydrogen) atoms. The smallest absolute Gasteiger partial charge is 0.284 e. The van der Waals surface area contributed by atoms with E-state index in [9.17, 15) is 20.0 Å². The molecule has 3 atom stereocenters. The summed E-state index contributed by atoms with van der Waals surface area (Å²) < 4.78 is 3.00. The highest BCUT2D eigenvalue weighted by molar-refractivity contribution is 7.97. The quantitative estimate of drug-likeness (QED) is 0.288. The number of benzene rings is 1. The molecule has 8 heteroatoms. The summed E-state index contributed by atoms with van der Waals surface area (Å²) in [6.07, 6.45) is 1.53. The van der Waals surface area contributed by atoms with Crippen molar-refractivity contribution in [2.45, 2.75) is 69.5 Å². The number of nitro groups is 1. The van der Waals surface area contributed by atoms with Crippen LogP contribution in [0.2, 0.25) is 0 Å². The van der Waals surface area contributed by atoms with Gasteiger partial charge in [0.05, 0.1) is 11.0 Å². The largest absolute Gasteiger partial charge is 0.384 e. The van der Waals surface area contributed by atoms with Gasteiger partial charge in [0.2, 0.25) is 0 Å². The minimum Gasteiger partial charge on any atom is -0.384 e. The van der Waals surface area contributed by atoms with Crippen molar-refractivity contribution in [1.29, 1.82) is 0 Å². The zero-order valence-electron chi connectivity index (χ0n) is 15.6. The molecular weight excluding hydrogens is 354 g/mol. The maximum absolute atomic E-state index is 12.7. The maximum atomic E-state index is 12.7. The van der Waals surface area contributed by atoms with E-state index in [0.717, 1.165) is 24.8 Å². The zero-order valence-corrected chi connectivity index (χ0v) is 16.4. The number of nitrogens with one attached hydrogen (secondary N) is 1. The standard InChI is InChI=1S/C18H29N3O4S/c1-4-5-8-14(18(23)17(22)13(19)11-12(2)3)20-26-16-10-7-6-9-15(16)21(24)25/h6-7,9-10,12-14,17,20,22H,4-5,8,11,19H2,1-3H3/t13-,14-,17?/m0/s1. The number of nitro benzene ring substituents is 1. The molecule has 0 heterocycles. The van der Waals surface area contributed by atoms with E-state index in [0.29, 0.717) is 17.7 Å². The SMILES string of the molecule is CCCC[C@H](NSc1ccccc1[N+](=O)[O-])C(=O)C(O)[C@@H](N)CC(C)C. The van der Waals surface area contributed by atoms with E-state index in [1.807, 2.05) is 20.8 Å². The van der Waals surface area contributed by atoms with Crippen LogP contribution in [-0.2, 0) is 4.79 Å². The summed E-state index contributed by atoms with van der Waals surface area (Å²) in [6, 6.07) is 5.10. The topological polar surface area (TPSA) is 118 Å². The molecule has 0 aliphatic carbocycles. The van der Waals surface area contributed by atoms with E-state index in [-0.39, 0.29) is 17.4 Å². The molecule has 1 aromatic rings. The number of carbonyl (C=O) groups excluding carboxylic acids is 1. The number of aliphatic hydroxyl groups is 1. The van der Waals surface area contributed by atoms with Crippen LogP contribution >= 0.6 is 11.9 Å².